The van der Waals surface area contributed by atoms with Crippen molar-refractivity contribution in [1.29, 1.82) is 0 Å². The van der Waals surface area contributed by atoms with Gasteiger partial charge in [0.25, 0.3) is 11.8 Å². The highest BCUT2D eigenvalue weighted by molar-refractivity contribution is 7.11. The van der Waals surface area contributed by atoms with Gasteiger partial charge in [-0.2, -0.15) is 0 Å². The summed E-state index contributed by atoms with van der Waals surface area (Å²) in [5.41, 5.74) is 7.75. The summed E-state index contributed by atoms with van der Waals surface area (Å²) in [6, 6.07) is 15.8. The van der Waals surface area contributed by atoms with Gasteiger partial charge in [-0.15, -0.1) is 11.3 Å². The summed E-state index contributed by atoms with van der Waals surface area (Å²) in [5, 5.41) is 8.26. The van der Waals surface area contributed by atoms with Gasteiger partial charge in [-0.1, -0.05) is 36.8 Å². The lowest BCUT2D eigenvalue weighted by Gasteiger charge is -2.33. The molecule has 8 nitrogen and oxygen atoms in total. The summed E-state index contributed by atoms with van der Waals surface area (Å²) in [6.07, 6.45) is 7.79. The molecule has 2 fully saturated rings. The Kier molecular flexibility index (Phi) is 9.78. The lowest BCUT2D eigenvalue weighted by atomic mass is 10.1. The van der Waals surface area contributed by atoms with E-state index in [-0.39, 0.29) is 11.8 Å². The molecule has 1 aromatic heterocycles. The van der Waals surface area contributed by atoms with E-state index < -0.39 is 0 Å². The van der Waals surface area contributed by atoms with Crippen molar-refractivity contribution in [2.45, 2.75) is 26.7 Å². The predicted octanol–water partition coefficient (Wildman–Crippen LogP) is 6.67. The first kappa shape index (κ1) is 30.8. The molecular formula is C36H40N4O4S. The normalized spacial score (nSPS) is 17.2. The second-order valence-corrected chi connectivity index (χ2v) is 12.4. The first-order valence-electron chi connectivity index (χ1n) is 15.7. The van der Waals surface area contributed by atoms with Gasteiger partial charge < -0.3 is 29.9 Å². The van der Waals surface area contributed by atoms with Gasteiger partial charge in [-0.3, -0.25) is 9.59 Å². The summed E-state index contributed by atoms with van der Waals surface area (Å²) in [6.45, 7) is 10.0. The van der Waals surface area contributed by atoms with Crippen LogP contribution in [-0.4, -0.2) is 64.4 Å². The molecule has 3 aliphatic rings. The molecule has 0 saturated carbocycles. The van der Waals surface area contributed by atoms with Crippen LogP contribution in [0.25, 0.3) is 5.57 Å². The molecule has 2 saturated heterocycles. The largest absolute Gasteiger partial charge is 0.378 e. The van der Waals surface area contributed by atoms with Crippen molar-refractivity contribution in [3.8, 4) is 0 Å². The Hall–Kier alpha value is -4.18. The SMILES string of the molecule is CCC1=CC(c2cccs2)=CC(C(=O)Nc2cc(C(=O)Nc3cc(N4CCOCC4)cc(N4CCOCC4)c3)ccc2C)=CC1. The van der Waals surface area contributed by atoms with Crippen LogP contribution in [0.2, 0.25) is 0 Å². The Morgan fingerprint density at radius 1 is 0.844 bits per heavy atom. The average Bonchev–Trinajstić information content (AvgIpc) is 3.53. The van der Waals surface area contributed by atoms with Crippen LogP contribution < -0.4 is 20.4 Å². The van der Waals surface area contributed by atoms with Gasteiger partial charge in [-0.25, -0.2) is 0 Å². The van der Waals surface area contributed by atoms with Crippen LogP contribution in [0.1, 0.15) is 40.6 Å². The number of hydrogen-bond acceptors (Lipinski definition) is 7. The molecule has 2 N–H and O–H groups in total. The minimum atomic E-state index is -0.233. The number of amides is 2. The van der Waals surface area contributed by atoms with E-state index >= 15 is 0 Å². The number of allylic oxidation sites excluding steroid dienone is 4. The minimum absolute atomic E-state index is 0.191. The van der Waals surface area contributed by atoms with Crippen molar-refractivity contribution in [2.24, 2.45) is 0 Å². The van der Waals surface area contributed by atoms with Crippen molar-refractivity contribution < 1.29 is 19.1 Å². The van der Waals surface area contributed by atoms with E-state index in [0.717, 1.165) is 72.1 Å². The van der Waals surface area contributed by atoms with E-state index in [1.165, 1.54) is 5.57 Å². The Morgan fingerprint density at radius 2 is 1.53 bits per heavy atom. The summed E-state index contributed by atoms with van der Waals surface area (Å²) < 4.78 is 11.1. The quantitative estimate of drug-likeness (QED) is 0.291. The van der Waals surface area contributed by atoms with E-state index in [1.54, 1.807) is 23.5 Å². The molecule has 3 heterocycles. The maximum absolute atomic E-state index is 13.6. The van der Waals surface area contributed by atoms with Crippen molar-refractivity contribution in [1.82, 2.24) is 0 Å². The van der Waals surface area contributed by atoms with E-state index in [1.807, 2.05) is 48.7 Å². The molecule has 2 aromatic carbocycles. The highest BCUT2D eigenvalue weighted by Crippen LogP contribution is 2.31. The number of aryl methyl sites for hydroxylation is 1. The van der Waals surface area contributed by atoms with Crippen LogP contribution in [0, 0.1) is 6.92 Å². The van der Waals surface area contributed by atoms with Gasteiger partial charge in [0.15, 0.2) is 0 Å². The predicted molar refractivity (Wildman–Crippen MR) is 184 cm³/mol. The molecule has 3 aromatic rings. The smallest absolute Gasteiger partial charge is 0.255 e. The molecule has 2 amide bonds. The zero-order valence-electron chi connectivity index (χ0n) is 25.9. The number of thiophene rings is 1. The third-order valence-electron chi connectivity index (χ3n) is 8.44. The van der Waals surface area contributed by atoms with E-state index in [2.05, 4.69) is 45.6 Å². The average molecular weight is 625 g/mol. The minimum Gasteiger partial charge on any atom is -0.378 e. The van der Waals surface area contributed by atoms with Crippen LogP contribution >= 0.6 is 11.3 Å². The summed E-state index contributed by atoms with van der Waals surface area (Å²) in [4.78, 5) is 32.9. The van der Waals surface area contributed by atoms with Gasteiger partial charge in [0.2, 0.25) is 0 Å². The topological polar surface area (TPSA) is 83.1 Å². The highest BCUT2D eigenvalue weighted by Gasteiger charge is 2.19. The number of benzene rings is 2. The molecule has 0 spiro atoms. The number of carbonyl (C=O) groups excluding carboxylic acids is 2. The molecule has 234 valence electrons. The molecular weight excluding hydrogens is 584 g/mol. The Bertz CT molecular complexity index is 1590. The number of anilines is 4. The van der Waals surface area contributed by atoms with Crippen molar-refractivity contribution in [3.63, 3.8) is 0 Å². The molecule has 2 aliphatic heterocycles. The monoisotopic (exact) mass is 624 g/mol. The number of hydrogen-bond donors (Lipinski definition) is 2. The number of morpholine rings is 2. The fourth-order valence-electron chi connectivity index (χ4n) is 5.75. The van der Waals surface area contributed by atoms with Gasteiger partial charge in [0.05, 0.1) is 26.4 Å². The summed E-state index contributed by atoms with van der Waals surface area (Å²) >= 11 is 1.66. The zero-order valence-corrected chi connectivity index (χ0v) is 26.8. The third-order valence-corrected chi connectivity index (χ3v) is 9.36. The maximum atomic E-state index is 13.6. The zero-order chi connectivity index (χ0) is 31.2. The highest BCUT2D eigenvalue weighted by atomic mass is 32.1. The van der Waals surface area contributed by atoms with E-state index in [0.29, 0.717) is 43.3 Å². The maximum Gasteiger partial charge on any atom is 0.255 e. The van der Waals surface area contributed by atoms with E-state index in [4.69, 9.17) is 9.47 Å². The molecule has 0 bridgehead atoms. The number of rotatable bonds is 8. The van der Waals surface area contributed by atoms with Gasteiger partial charge >= 0.3 is 0 Å². The second kappa shape index (κ2) is 14.3. The van der Waals surface area contributed by atoms with Crippen LogP contribution in [0.4, 0.5) is 22.7 Å². The van der Waals surface area contributed by atoms with Gasteiger partial charge in [0, 0.05) is 64.9 Å². The number of nitrogens with one attached hydrogen (secondary N) is 2. The first-order chi connectivity index (χ1) is 22.0. The number of ether oxygens (including phenoxy) is 2. The number of nitrogens with zero attached hydrogens (tertiary/aromatic N) is 2. The third kappa shape index (κ3) is 7.56. The fraction of sp³-hybridized carbons (Fsp3) is 0.333. The fourth-order valence-corrected chi connectivity index (χ4v) is 6.46. The van der Waals surface area contributed by atoms with Gasteiger partial charge in [-0.05, 0) is 78.8 Å². The van der Waals surface area contributed by atoms with Crippen LogP contribution in [0.15, 0.2) is 83.3 Å². The second-order valence-electron chi connectivity index (χ2n) is 11.5. The van der Waals surface area contributed by atoms with Crippen LogP contribution in [0.5, 0.6) is 0 Å². The Morgan fingerprint density at radius 3 is 2.16 bits per heavy atom. The van der Waals surface area contributed by atoms with E-state index in [9.17, 15) is 9.59 Å². The van der Waals surface area contributed by atoms with Crippen molar-refractivity contribution in [3.05, 3.63) is 99.3 Å². The Balaban J connectivity index is 1.21. The van der Waals surface area contributed by atoms with Crippen molar-refractivity contribution >= 4 is 51.5 Å². The molecule has 0 radical (unpaired) electrons. The first-order valence-corrected chi connectivity index (χ1v) is 16.5. The van der Waals surface area contributed by atoms with Crippen LogP contribution in [-0.2, 0) is 14.3 Å². The molecule has 6 rings (SSSR count). The Labute approximate surface area is 269 Å². The van der Waals surface area contributed by atoms with Gasteiger partial charge in [0.1, 0.15) is 0 Å². The standard InChI is InChI=1S/C36H40N4O4S/c1-3-26-7-9-27(20-29(19-26)34-5-4-18-45-34)36(42)38-33-21-28(8-6-25(33)2)35(41)37-30-22-31(39-10-14-43-15-11-39)24-32(23-30)40-12-16-44-17-13-40/h4-6,8-9,18-24H,3,7,10-17H2,1-2H3,(H,37,41)(H,38,42). The molecule has 0 unspecified atom stereocenters. The summed E-state index contributed by atoms with van der Waals surface area (Å²) in [5.74, 6) is -0.424. The van der Waals surface area contributed by atoms with Crippen LogP contribution in [0.3, 0.4) is 0 Å². The lowest BCUT2D eigenvalue weighted by Crippen LogP contribution is -2.38. The lowest BCUT2D eigenvalue weighted by molar-refractivity contribution is -0.112. The van der Waals surface area contributed by atoms with Crippen molar-refractivity contribution in [2.75, 3.05) is 73.0 Å². The molecule has 9 heteroatoms. The number of carbonyl (C=O) groups is 2. The molecule has 1 aliphatic carbocycles. The molecule has 0 atom stereocenters. The molecule has 45 heavy (non-hydrogen) atoms. The summed E-state index contributed by atoms with van der Waals surface area (Å²) in [7, 11) is 0.